The Balaban J connectivity index is 1.83. The van der Waals surface area contributed by atoms with Gasteiger partial charge in [0.25, 0.3) is 5.91 Å². The van der Waals surface area contributed by atoms with Crippen molar-refractivity contribution >= 4 is 28.5 Å². The quantitative estimate of drug-likeness (QED) is 0.123. The summed E-state index contributed by atoms with van der Waals surface area (Å²) in [5, 5.41) is 14.7. The van der Waals surface area contributed by atoms with Crippen LogP contribution in [0.15, 0.2) is 59.0 Å². The van der Waals surface area contributed by atoms with Crippen LogP contribution in [-0.2, 0) is 9.57 Å². The topological polar surface area (TPSA) is 130 Å². The number of hydrogen-bond acceptors (Lipinski definition) is 7. The molecule has 39 heavy (non-hydrogen) atoms. The lowest BCUT2D eigenvalue weighted by Crippen LogP contribution is -2.28. The zero-order valence-electron chi connectivity index (χ0n) is 22.5. The molecule has 1 heterocycles. The van der Waals surface area contributed by atoms with Gasteiger partial charge in [-0.3, -0.25) is 4.79 Å². The van der Waals surface area contributed by atoms with Crippen molar-refractivity contribution in [2.24, 2.45) is 5.90 Å². The Labute approximate surface area is 226 Å². The van der Waals surface area contributed by atoms with Gasteiger partial charge in [-0.05, 0) is 35.9 Å². The SMILES string of the molecule is CN(C)c1ccc2c(-c3ccc(C(=O)NCCOCCON)cc3C(=O)O)c3ccc(=[N+](C)C)cc-3oc2c1. The second-order valence-electron chi connectivity index (χ2n) is 9.43. The molecule has 0 atom stereocenters. The highest BCUT2D eigenvalue weighted by molar-refractivity contribution is 6.09. The van der Waals surface area contributed by atoms with Crippen LogP contribution in [0.4, 0.5) is 5.69 Å². The molecule has 0 aromatic heterocycles. The van der Waals surface area contributed by atoms with E-state index in [4.69, 9.17) is 15.1 Å². The Kier molecular flexibility index (Phi) is 8.60. The third kappa shape index (κ3) is 6.09. The summed E-state index contributed by atoms with van der Waals surface area (Å²) in [5.74, 6) is 4.04. The molecular weight excluding hydrogens is 500 g/mol. The third-order valence-electron chi connectivity index (χ3n) is 6.38. The predicted molar refractivity (Wildman–Crippen MR) is 150 cm³/mol. The summed E-state index contributed by atoms with van der Waals surface area (Å²) in [5.41, 5.74) is 3.81. The number of benzene rings is 3. The maximum atomic E-state index is 12.8. The molecule has 1 aliphatic heterocycles. The number of fused-ring (bicyclic) bond motifs is 2. The first kappa shape index (κ1) is 27.8. The number of amides is 1. The third-order valence-corrected chi connectivity index (χ3v) is 6.38. The van der Waals surface area contributed by atoms with Gasteiger partial charge in [0, 0.05) is 60.5 Å². The molecule has 0 bridgehead atoms. The van der Waals surface area contributed by atoms with E-state index in [1.165, 1.54) is 6.07 Å². The summed E-state index contributed by atoms with van der Waals surface area (Å²) in [4.78, 5) is 31.6. The molecule has 1 amide bonds. The molecule has 1 aliphatic carbocycles. The van der Waals surface area contributed by atoms with E-state index in [0.717, 1.165) is 27.6 Å². The van der Waals surface area contributed by atoms with Crippen molar-refractivity contribution in [3.8, 4) is 22.5 Å². The smallest absolute Gasteiger partial charge is 0.336 e. The number of rotatable bonds is 10. The lowest BCUT2D eigenvalue weighted by atomic mass is 9.89. The van der Waals surface area contributed by atoms with Crippen LogP contribution in [0.1, 0.15) is 20.7 Å². The number of carbonyl (C=O) groups is 2. The number of anilines is 1. The van der Waals surface area contributed by atoms with Crippen LogP contribution in [0.2, 0.25) is 0 Å². The number of nitrogens with one attached hydrogen (secondary N) is 1. The number of nitrogens with two attached hydrogens (primary N) is 1. The van der Waals surface area contributed by atoms with Gasteiger partial charge in [-0.1, -0.05) is 6.07 Å². The monoisotopic (exact) mass is 533 g/mol. The van der Waals surface area contributed by atoms with E-state index in [-0.39, 0.29) is 30.9 Å². The van der Waals surface area contributed by atoms with E-state index in [2.05, 4.69) is 10.2 Å². The van der Waals surface area contributed by atoms with Crippen LogP contribution in [0.25, 0.3) is 33.4 Å². The van der Waals surface area contributed by atoms with Gasteiger partial charge in [-0.15, -0.1) is 0 Å². The number of aromatic carboxylic acids is 1. The predicted octanol–water partition coefficient (Wildman–Crippen LogP) is 2.64. The van der Waals surface area contributed by atoms with Crippen LogP contribution in [0.5, 0.6) is 0 Å². The minimum atomic E-state index is -1.14. The molecule has 10 nitrogen and oxygen atoms in total. The number of nitrogens with zero attached hydrogens (tertiary/aromatic N) is 2. The van der Waals surface area contributed by atoms with Gasteiger partial charge in [-0.25, -0.2) is 15.3 Å². The number of ether oxygens (including phenoxy) is 1. The summed E-state index contributed by atoms with van der Waals surface area (Å²) < 4.78 is 13.6. The van der Waals surface area contributed by atoms with Crippen molar-refractivity contribution in [3.05, 3.63) is 71.1 Å². The normalized spacial score (nSPS) is 11.1. The van der Waals surface area contributed by atoms with Gasteiger partial charge < -0.3 is 29.3 Å². The largest absolute Gasteiger partial charge is 0.478 e. The van der Waals surface area contributed by atoms with E-state index in [1.54, 1.807) is 12.1 Å². The van der Waals surface area contributed by atoms with Crippen LogP contribution < -0.4 is 26.0 Å². The molecule has 0 radical (unpaired) electrons. The lowest BCUT2D eigenvalue weighted by molar-refractivity contribution is 0.0482. The molecule has 2 aromatic carbocycles. The van der Waals surface area contributed by atoms with Crippen LogP contribution >= 0.6 is 0 Å². The second kappa shape index (κ2) is 12.1. The Hall–Kier alpha value is -4.25. The molecule has 0 unspecified atom stereocenters. The maximum absolute atomic E-state index is 12.8. The Morgan fingerprint density at radius 3 is 2.46 bits per heavy atom. The Morgan fingerprint density at radius 2 is 1.77 bits per heavy atom. The van der Waals surface area contributed by atoms with Crippen molar-refractivity contribution in [1.82, 2.24) is 9.89 Å². The fraction of sp³-hybridized carbons (Fsp3) is 0.276. The average molecular weight is 534 g/mol. The molecule has 204 valence electrons. The van der Waals surface area contributed by atoms with E-state index in [0.29, 0.717) is 23.5 Å². The summed E-state index contributed by atoms with van der Waals surface area (Å²) in [7, 11) is 7.78. The fourth-order valence-electron chi connectivity index (χ4n) is 4.34. The molecule has 10 heteroatoms. The van der Waals surface area contributed by atoms with Crippen LogP contribution in [0.3, 0.4) is 0 Å². The molecule has 0 saturated heterocycles. The maximum Gasteiger partial charge on any atom is 0.336 e. The minimum Gasteiger partial charge on any atom is -0.478 e. The molecule has 2 aromatic rings. The second-order valence-corrected chi connectivity index (χ2v) is 9.43. The number of hydrogen-bond donors (Lipinski definition) is 3. The highest BCUT2D eigenvalue weighted by Gasteiger charge is 2.23. The molecule has 0 saturated carbocycles. The summed E-state index contributed by atoms with van der Waals surface area (Å²) in [6.07, 6.45) is 0. The van der Waals surface area contributed by atoms with Gasteiger partial charge >= 0.3 is 5.97 Å². The highest BCUT2D eigenvalue weighted by Crippen LogP contribution is 2.42. The summed E-state index contributed by atoms with van der Waals surface area (Å²) in [6, 6.07) is 16.4. The molecule has 2 aliphatic rings. The van der Waals surface area contributed by atoms with Crippen LogP contribution in [0, 0.1) is 0 Å². The number of carboxylic acid groups (broad SMARTS) is 1. The lowest BCUT2D eigenvalue weighted by Gasteiger charge is -2.19. The van der Waals surface area contributed by atoms with E-state index < -0.39 is 11.9 Å². The van der Waals surface area contributed by atoms with Crippen molar-refractivity contribution in [2.75, 3.05) is 59.5 Å². The first-order valence-electron chi connectivity index (χ1n) is 12.4. The van der Waals surface area contributed by atoms with Crippen LogP contribution in [-0.4, -0.2) is 71.5 Å². The highest BCUT2D eigenvalue weighted by atomic mass is 16.6. The first-order valence-corrected chi connectivity index (χ1v) is 12.4. The molecule has 0 fully saturated rings. The average Bonchev–Trinajstić information content (AvgIpc) is 2.92. The van der Waals surface area contributed by atoms with Gasteiger partial charge in [0.2, 0.25) is 5.36 Å². The standard InChI is InChI=1S/C29H32N4O6/c1-32(2)19-6-9-22-25(16-19)39-26-17-20(33(3)4)7-10-23(26)27(22)21-8-5-18(15-24(21)29(35)36)28(34)31-11-12-37-13-14-38-30/h5-10,15-17H,11-14,30H2,1-4H3,(H-,31,34,35,36)/p+1. The number of carboxylic acids is 1. The molecule has 4 rings (SSSR count). The molecule has 4 N–H and O–H groups in total. The summed E-state index contributed by atoms with van der Waals surface area (Å²) >= 11 is 0. The zero-order chi connectivity index (χ0) is 28.1. The van der Waals surface area contributed by atoms with E-state index >= 15 is 0 Å². The van der Waals surface area contributed by atoms with E-state index in [9.17, 15) is 14.7 Å². The van der Waals surface area contributed by atoms with Gasteiger partial charge in [0.15, 0.2) is 0 Å². The molecular formula is C29H33N4O6+. The Bertz CT molecular complexity index is 1560. The van der Waals surface area contributed by atoms with E-state index in [1.807, 2.05) is 74.1 Å². The van der Waals surface area contributed by atoms with Gasteiger partial charge in [0.1, 0.15) is 25.4 Å². The van der Waals surface area contributed by atoms with Gasteiger partial charge in [0.05, 0.1) is 31.5 Å². The number of carbonyl (C=O) groups excluding carboxylic acids is 1. The summed E-state index contributed by atoms with van der Waals surface area (Å²) in [6.45, 7) is 1.09. The first-order chi connectivity index (χ1) is 18.7. The van der Waals surface area contributed by atoms with Crippen molar-refractivity contribution in [3.63, 3.8) is 0 Å². The zero-order valence-corrected chi connectivity index (χ0v) is 22.5. The van der Waals surface area contributed by atoms with Gasteiger partial charge in [-0.2, -0.15) is 0 Å². The fourth-order valence-corrected chi connectivity index (χ4v) is 4.34. The van der Waals surface area contributed by atoms with Crippen molar-refractivity contribution < 1.29 is 28.7 Å². The van der Waals surface area contributed by atoms with Crippen molar-refractivity contribution in [2.45, 2.75) is 0 Å². The van der Waals surface area contributed by atoms with Crippen molar-refractivity contribution in [1.29, 1.82) is 0 Å². The minimum absolute atomic E-state index is 0.0150. The molecule has 0 spiro atoms. The Morgan fingerprint density at radius 1 is 1.00 bits per heavy atom.